The van der Waals surface area contributed by atoms with Crippen LogP contribution in [0, 0.1) is 0 Å². The summed E-state index contributed by atoms with van der Waals surface area (Å²) in [5, 5.41) is 9.36. The molecule has 1 atom stereocenters. The van der Waals surface area contributed by atoms with E-state index in [9.17, 15) is 4.79 Å². The minimum Gasteiger partial charge on any atom is -0.490 e. The molecule has 1 N–H and O–H groups in total. The van der Waals surface area contributed by atoms with Gasteiger partial charge in [-0.3, -0.25) is 0 Å². The van der Waals surface area contributed by atoms with Crippen LogP contribution in [0.2, 0.25) is 5.02 Å². The van der Waals surface area contributed by atoms with E-state index in [0.717, 1.165) is 41.3 Å². The van der Waals surface area contributed by atoms with Gasteiger partial charge in [-0.05, 0) is 71.9 Å². The van der Waals surface area contributed by atoms with Gasteiger partial charge in [-0.2, -0.15) is 4.98 Å². The summed E-state index contributed by atoms with van der Waals surface area (Å²) in [6.07, 6.45) is 3.88. The molecule has 2 aromatic carbocycles. The fourth-order valence-electron chi connectivity index (χ4n) is 4.47. The Kier molecular flexibility index (Phi) is 11.4. The van der Waals surface area contributed by atoms with Crippen molar-refractivity contribution in [2.75, 3.05) is 25.1 Å². The van der Waals surface area contributed by atoms with Crippen molar-refractivity contribution in [2.45, 2.75) is 70.3 Å². The smallest absolute Gasteiger partial charge is 0.338 e. The van der Waals surface area contributed by atoms with Crippen LogP contribution in [0.5, 0.6) is 11.5 Å². The largest absolute Gasteiger partial charge is 0.490 e. The third kappa shape index (κ3) is 7.59. The van der Waals surface area contributed by atoms with Gasteiger partial charge in [0.2, 0.25) is 11.1 Å². The Balaban J connectivity index is 1.74. The second-order valence-electron chi connectivity index (χ2n) is 9.56. The molecule has 1 aliphatic rings. The lowest BCUT2D eigenvalue weighted by atomic mass is 9.95. The van der Waals surface area contributed by atoms with Crippen molar-refractivity contribution in [3.05, 3.63) is 68.3 Å². The number of rotatable bonds is 14. The Bertz CT molecular complexity index is 1400. The van der Waals surface area contributed by atoms with Gasteiger partial charge in [-0.25, -0.2) is 9.48 Å². The molecule has 2 heterocycles. The molecule has 0 amide bonds. The molecule has 0 radical (unpaired) electrons. The number of allylic oxidation sites excluding steroid dienone is 1. The van der Waals surface area contributed by atoms with Crippen LogP contribution < -0.4 is 14.8 Å². The van der Waals surface area contributed by atoms with Crippen LogP contribution in [0.15, 0.2) is 57.3 Å². The van der Waals surface area contributed by atoms with Crippen LogP contribution in [0.1, 0.15) is 70.5 Å². The van der Waals surface area contributed by atoms with Crippen molar-refractivity contribution in [1.29, 1.82) is 0 Å². The Morgan fingerprint density at radius 1 is 1.12 bits per heavy atom. The molecule has 11 heteroatoms. The fraction of sp³-hybridized carbons (Fsp3) is 0.433. The van der Waals surface area contributed by atoms with Gasteiger partial charge in [0.1, 0.15) is 6.04 Å². The second kappa shape index (κ2) is 15.0. The topological polar surface area (TPSA) is 87.5 Å². The predicted molar refractivity (Wildman–Crippen MR) is 167 cm³/mol. The maximum absolute atomic E-state index is 13.4. The van der Waals surface area contributed by atoms with Crippen LogP contribution in [-0.4, -0.2) is 40.6 Å². The third-order valence-corrected chi connectivity index (χ3v) is 8.29. The van der Waals surface area contributed by atoms with Crippen molar-refractivity contribution in [3.8, 4) is 11.5 Å². The van der Waals surface area contributed by atoms with E-state index in [0.29, 0.717) is 64.5 Å². The molecule has 0 aliphatic carbocycles. The zero-order valence-corrected chi connectivity index (χ0v) is 27.0. The number of carbonyl (C=O) groups is 1. The van der Waals surface area contributed by atoms with Crippen molar-refractivity contribution in [1.82, 2.24) is 14.8 Å². The lowest BCUT2D eigenvalue weighted by Crippen LogP contribution is -2.30. The predicted octanol–water partition coefficient (Wildman–Crippen LogP) is 8.20. The summed E-state index contributed by atoms with van der Waals surface area (Å²) in [5.41, 5.74) is 2.91. The monoisotopic (exact) mass is 662 g/mol. The molecule has 220 valence electrons. The summed E-state index contributed by atoms with van der Waals surface area (Å²) < 4.78 is 20.2. The van der Waals surface area contributed by atoms with E-state index in [2.05, 4.69) is 28.2 Å². The highest BCUT2D eigenvalue weighted by Gasteiger charge is 2.36. The second-order valence-corrected chi connectivity index (χ2v) is 11.8. The Morgan fingerprint density at radius 3 is 2.66 bits per heavy atom. The number of carbonyl (C=O) groups excluding carboxylic acids is 1. The van der Waals surface area contributed by atoms with Gasteiger partial charge >= 0.3 is 5.97 Å². The van der Waals surface area contributed by atoms with Crippen LogP contribution in [0.4, 0.5) is 5.95 Å². The summed E-state index contributed by atoms with van der Waals surface area (Å²) >= 11 is 11.6. The molecule has 0 fully saturated rings. The van der Waals surface area contributed by atoms with Gasteiger partial charge in [0, 0.05) is 16.5 Å². The summed E-state index contributed by atoms with van der Waals surface area (Å²) in [4.78, 5) is 18.2. The standard InChI is InChI=1S/C30H36BrClN4O4S/c1-5-8-11-15-39-27-22(31)16-21(17-24(27)38-7-3)26-25(28(37)40-14-6-2)19(4)33-29-34-30(35-36(26)29)41-18-20-12-9-10-13-23(20)32/h9-10,12-13,16-17,26H,5-8,11,14-15,18H2,1-4H3,(H,33,34,35). The first-order chi connectivity index (χ1) is 19.9. The number of nitrogens with one attached hydrogen (secondary N) is 1. The molecule has 41 heavy (non-hydrogen) atoms. The quantitative estimate of drug-likeness (QED) is 0.105. The van der Waals surface area contributed by atoms with Crippen LogP contribution in [-0.2, 0) is 15.3 Å². The highest BCUT2D eigenvalue weighted by atomic mass is 79.9. The SMILES string of the molecule is CCCCCOc1c(Br)cc(C2C(C(=O)OCCC)=C(C)Nc3nc(SCc4ccccc4Cl)nn32)cc1OCC. The molecule has 0 bridgehead atoms. The minimum absolute atomic E-state index is 0.323. The van der Waals surface area contributed by atoms with Crippen LogP contribution in [0.3, 0.4) is 0 Å². The number of unbranched alkanes of at least 4 members (excludes halogenated alkanes) is 2. The van der Waals surface area contributed by atoms with Gasteiger partial charge in [0.05, 0.1) is 29.9 Å². The first kappa shape index (κ1) is 31.3. The molecule has 4 rings (SSSR count). The summed E-state index contributed by atoms with van der Waals surface area (Å²) in [5.74, 6) is 1.99. The molecule has 0 saturated heterocycles. The number of hydrogen-bond acceptors (Lipinski definition) is 8. The highest BCUT2D eigenvalue weighted by Crippen LogP contribution is 2.43. The normalized spacial score (nSPS) is 14.4. The highest BCUT2D eigenvalue weighted by molar-refractivity contribution is 9.10. The molecule has 1 unspecified atom stereocenters. The van der Waals surface area contributed by atoms with E-state index in [4.69, 9.17) is 35.9 Å². The van der Waals surface area contributed by atoms with Gasteiger partial charge in [0.15, 0.2) is 11.5 Å². The first-order valence-corrected chi connectivity index (χ1v) is 16.1. The van der Waals surface area contributed by atoms with E-state index in [1.54, 1.807) is 4.68 Å². The molecule has 1 aliphatic heterocycles. The minimum atomic E-state index is -0.595. The number of esters is 1. The lowest BCUT2D eigenvalue weighted by molar-refractivity contribution is -0.139. The summed E-state index contributed by atoms with van der Waals surface area (Å²) in [6.45, 7) is 9.29. The molecule has 8 nitrogen and oxygen atoms in total. The number of nitrogens with zero attached hydrogens (tertiary/aromatic N) is 3. The van der Waals surface area contributed by atoms with Gasteiger partial charge in [0.25, 0.3) is 0 Å². The van der Waals surface area contributed by atoms with Gasteiger partial charge < -0.3 is 19.5 Å². The average Bonchev–Trinajstić information content (AvgIpc) is 3.36. The van der Waals surface area contributed by atoms with E-state index >= 15 is 0 Å². The molecule has 0 spiro atoms. The number of anilines is 1. The van der Waals surface area contributed by atoms with Gasteiger partial charge in [-0.1, -0.05) is 68.3 Å². The maximum atomic E-state index is 13.4. The molecule has 0 saturated carbocycles. The number of ether oxygens (including phenoxy) is 3. The number of hydrogen-bond donors (Lipinski definition) is 1. The molecule has 3 aromatic rings. The zero-order valence-electron chi connectivity index (χ0n) is 23.8. The zero-order chi connectivity index (χ0) is 29.4. The van der Waals surface area contributed by atoms with E-state index in [1.807, 2.05) is 57.2 Å². The Hall–Kier alpha value is -2.69. The third-order valence-electron chi connectivity index (χ3n) is 6.45. The Labute approximate surface area is 259 Å². The van der Waals surface area contributed by atoms with Crippen molar-refractivity contribution in [2.24, 2.45) is 0 Å². The van der Waals surface area contributed by atoms with E-state index < -0.39 is 12.0 Å². The Morgan fingerprint density at radius 2 is 1.93 bits per heavy atom. The van der Waals surface area contributed by atoms with E-state index in [1.165, 1.54) is 11.8 Å². The van der Waals surface area contributed by atoms with Crippen LogP contribution in [0.25, 0.3) is 0 Å². The summed E-state index contributed by atoms with van der Waals surface area (Å²) in [6, 6.07) is 11.0. The fourth-order valence-corrected chi connectivity index (χ4v) is 6.16. The lowest BCUT2D eigenvalue weighted by Gasteiger charge is -2.29. The molecule has 1 aromatic heterocycles. The van der Waals surface area contributed by atoms with Crippen LogP contribution >= 0.6 is 39.3 Å². The number of benzene rings is 2. The molecular weight excluding hydrogens is 628 g/mol. The average molecular weight is 664 g/mol. The number of halogens is 2. The molecular formula is C30H36BrClN4O4S. The number of fused-ring (bicyclic) bond motifs is 1. The summed E-state index contributed by atoms with van der Waals surface area (Å²) in [7, 11) is 0. The number of thioether (sulfide) groups is 1. The number of aromatic nitrogens is 3. The first-order valence-electron chi connectivity index (χ1n) is 13.9. The van der Waals surface area contributed by atoms with Gasteiger partial charge in [-0.15, -0.1) is 5.10 Å². The van der Waals surface area contributed by atoms with Crippen molar-refractivity contribution < 1.29 is 19.0 Å². The maximum Gasteiger partial charge on any atom is 0.338 e. The van der Waals surface area contributed by atoms with Crippen molar-refractivity contribution in [3.63, 3.8) is 0 Å². The van der Waals surface area contributed by atoms with E-state index in [-0.39, 0.29) is 0 Å². The van der Waals surface area contributed by atoms with Crippen molar-refractivity contribution >= 4 is 51.2 Å².